The molecule has 0 aliphatic rings. The second-order valence-corrected chi connectivity index (χ2v) is 4.13. The Balaban J connectivity index is 2.49. The van der Waals surface area contributed by atoms with E-state index in [0.717, 1.165) is 6.07 Å². The van der Waals surface area contributed by atoms with Crippen LogP contribution in [0.2, 0.25) is 0 Å². The van der Waals surface area contributed by atoms with E-state index in [-0.39, 0.29) is 5.56 Å². The van der Waals surface area contributed by atoms with Gasteiger partial charge in [-0.1, -0.05) is 0 Å². The third-order valence-corrected chi connectivity index (χ3v) is 2.79. The first-order chi connectivity index (χ1) is 8.40. The highest BCUT2D eigenvalue weighted by Crippen LogP contribution is 2.28. The Morgan fingerprint density at radius 1 is 0.944 bits per heavy atom. The van der Waals surface area contributed by atoms with Gasteiger partial charge in [-0.2, -0.15) is 0 Å². The van der Waals surface area contributed by atoms with Crippen molar-refractivity contribution < 1.29 is 17.6 Å². The summed E-state index contributed by atoms with van der Waals surface area (Å²) in [6, 6.07) is 2.03. The molecular weight excluding hydrogens is 243 g/mol. The summed E-state index contributed by atoms with van der Waals surface area (Å²) in [7, 11) is 0. The van der Waals surface area contributed by atoms with Crippen molar-refractivity contribution in [3.8, 4) is 0 Å². The molecule has 0 spiro atoms. The molecule has 5 heteroatoms. The predicted octanol–water partition coefficient (Wildman–Crippen LogP) is 3.36. The summed E-state index contributed by atoms with van der Waals surface area (Å²) in [6.45, 7) is 3.41. The molecule has 2 aromatic rings. The number of hydrogen-bond donors (Lipinski definition) is 1. The molecule has 0 bridgehead atoms. The lowest BCUT2D eigenvalue weighted by atomic mass is 9.99. The van der Waals surface area contributed by atoms with E-state index >= 15 is 0 Å². The monoisotopic (exact) mass is 255 g/mol. The van der Waals surface area contributed by atoms with Crippen molar-refractivity contribution in [2.24, 2.45) is 5.73 Å². The van der Waals surface area contributed by atoms with Crippen LogP contribution >= 0.6 is 0 Å². The Kier molecular flexibility index (Phi) is 3.17. The Labute approximate surface area is 102 Å². The van der Waals surface area contributed by atoms with Crippen molar-refractivity contribution >= 4 is 0 Å². The maximum Gasteiger partial charge on any atom is 0.161 e. The van der Waals surface area contributed by atoms with Crippen LogP contribution in [0.4, 0.5) is 13.2 Å². The van der Waals surface area contributed by atoms with Gasteiger partial charge in [0, 0.05) is 17.2 Å². The van der Waals surface area contributed by atoms with E-state index in [1.54, 1.807) is 19.9 Å². The van der Waals surface area contributed by atoms with Crippen molar-refractivity contribution in [1.82, 2.24) is 0 Å². The second kappa shape index (κ2) is 4.49. The predicted molar refractivity (Wildman–Crippen MR) is 60.5 cm³/mol. The van der Waals surface area contributed by atoms with Crippen molar-refractivity contribution in [3.05, 3.63) is 58.3 Å². The molecule has 1 aromatic heterocycles. The van der Waals surface area contributed by atoms with Crippen LogP contribution in [0.25, 0.3) is 0 Å². The minimum Gasteiger partial charge on any atom is -0.466 e. The van der Waals surface area contributed by atoms with Gasteiger partial charge < -0.3 is 10.2 Å². The lowest BCUT2D eigenvalue weighted by Gasteiger charge is -2.12. The van der Waals surface area contributed by atoms with E-state index in [4.69, 9.17) is 10.2 Å². The summed E-state index contributed by atoms with van der Waals surface area (Å²) < 4.78 is 44.8. The minimum absolute atomic E-state index is 0.0993. The fraction of sp³-hybridized carbons (Fsp3) is 0.231. The number of rotatable bonds is 2. The third kappa shape index (κ3) is 2.13. The van der Waals surface area contributed by atoms with E-state index in [1.807, 2.05) is 0 Å². The summed E-state index contributed by atoms with van der Waals surface area (Å²) >= 11 is 0. The fourth-order valence-corrected chi connectivity index (χ4v) is 1.90. The molecule has 0 aliphatic carbocycles. The molecule has 0 saturated carbocycles. The molecule has 0 aliphatic heterocycles. The number of benzene rings is 1. The first kappa shape index (κ1) is 12.7. The first-order valence-electron chi connectivity index (χ1n) is 5.37. The summed E-state index contributed by atoms with van der Waals surface area (Å²) in [5.41, 5.74) is 6.32. The summed E-state index contributed by atoms with van der Waals surface area (Å²) in [5.74, 6) is -2.08. The number of halogens is 3. The van der Waals surface area contributed by atoms with Gasteiger partial charge in [0.05, 0.1) is 6.04 Å². The average Bonchev–Trinajstić information content (AvgIpc) is 2.62. The van der Waals surface area contributed by atoms with Gasteiger partial charge in [0.15, 0.2) is 11.6 Å². The highest BCUT2D eigenvalue weighted by atomic mass is 19.2. The molecule has 1 aromatic carbocycles. The van der Waals surface area contributed by atoms with Crippen LogP contribution in [0.5, 0.6) is 0 Å². The van der Waals surface area contributed by atoms with Crippen molar-refractivity contribution in [3.63, 3.8) is 0 Å². The molecule has 1 unspecified atom stereocenters. The summed E-state index contributed by atoms with van der Waals surface area (Å²) in [4.78, 5) is 0. The zero-order valence-electron chi connectivity index (χ0n) is 9.93. The van der Waals surface area contributed by atoms with Crippen LogP contribution in [-0.4, -0.2) is 0 Å². The summed E-state index contributed by atoms with van der Waals surface area (Å²) in [6.07, 6.45) is 0. The molecule has 1 atom stereocenters. The zero-order chi connectivity index (χ0) is 13.4. The maximum atomic E-state index is 13.6. The van der Waals surface area contributed by atoms with Crippen LogP contribution in [0.1, 0.15) is 28.7 Å². The Morgan fingerprint density at radius 2 is 1.56 bits per heavy atom. The number of hydrogen-bond acceptors (Lipinski definition) is 2. The van der Waals surface area contributed by atoms with Crippen molar-refractivity contribution in [2.45, 2.75) is 19.9 Å². The van der Waals surface area contributed by atoms with Gasteiger partial charge in [0.25, 0.3) is 0 Å². The molecule has 2 N–H and O–H groups in total. The van der Waals surface area contributed by atoms with Gasteiger partial charge in [-0.15, -0.1) is 0 Å². The zero-order valence-corrected chi connectivity index (χ0v) is 9.93. The lowest BCUT2D eigenvalue weighted by Crippen LogP contribution is -2.14. The SMILES string of the molecule is Cc1cc(C(N)c2cc(F)c(F)cc2F)c(C)o1. The Hall–Kier alpha value is -1.75. The summed E-state index contributed by atoms with van der Waals surface area (Å²) in [5, 5.41) is 0. The van der Waals surface area contributed by atoms with E-state index in [0.29, 0.717) is 23.2 Å². The molecule has 2 rings (SSSR count). The smallest absolute Gasteiger partial charge is 0.161 e. The quantitative estimate of drug-likeness (QED) is 0.836. The van der Waals surface area contributed by atoms with Gasteiger partial charge in [-0.25, -0.2) is 13.2 Å². The van der Waals surface area contributed by atoms with E-state index in [2.05, 4.69) is 0 Å². The van der Waals surface area contributed by atoms with E-state index in [1.165, 1.54) is 0 Å². The molecule has 18 heavy (non-hydrogen) atoms. The third-order valence-electron chi connectivity index (χ3n) is 2.79. The number of furan rings is 1. The van der Waals surface area contributed by atoms with Gasteiger partial charge in [-0.3, -0.25) is 0 Å². The number of nitrogens with two attached hydrogens (primary N) is 1. The topological polar surface area (TPSA) is 39.2 Å². The van der Waals surface area contributed by atoms with Crippen LogP contribution in [0.15, 0.2) is 22.6 Å². The normalized spacial score (nSPS) is 12.8. The minimum atomic E-state index is -1.23. The Bertz CT molecular complexity index is 592. The van der Waals surface area contributed by atoms with Crippen molar-refractivity contribution in [1.29, 1.82) is 0 Å². The molecule has 2 nitrogen and oxygen atoms in total. The first-order valence-corrected chi connectivity index (χ1v) is 5.37. The largest absolute Gasteiger partial charge is 0.466 e. The highest BCUT2D eigenvalue weighted by Gasteiger charge is 2.20. The van der Waals surface area contributed by atoms with Crippen molar-refractivity contribution in [2.75, 3.05) is 0 Å². The molecule has 1 heterocycles. The molecule has 0 saturated heterocycles. The van der Waals surface area contributed by atoms with Gasteiger partial charge in [0.1, 0.15) is 17.3 Å². The molecule has 96 valence electrons. The number of aryl methyl sites for hydroxylation is 2. The van der Waals surface area contributed by atoms with Gasteiger partial charge >= 0.3 is 0 Å². The standard InChI is InChI=1S/C13H12F3NO/c1-6-3-8(7(2)18-6)13(17)9-4-11(15)12(16)5-10(9)14/h3-5,13H,17H2,1-2H3. The average molecular weight is 255 g/mol. The molecular formula is C13H12F3NO. The van der Waals surface area contributed by atoms with Crippen LogP contribution in [0, 0.1) is 31.3 Å². The second-order valence-electron chi connectivity index (χ2n) is 4.13. The van der Waals surface area contributed by atoms with E-state index in [9.17, 15) is 13.2 Å². The lowest BCUT2D eigenvalue weighted by molar-refractivity contribution is 0.485. The van der Waals surface area contributed by atoms with Crippen LogP contribution < -0.4 is 5.73 Å². The van der Waals surface area contributed by atoms with Gasteiger partial charge in [0.2, 0.25) is 0 Å². The van der Waals surface area contributed by atoms with Gasteiger partial charge in [-0.05, 0) is 26.0 Å². The van der Waals surface area contributed by atoms with Crippen LogP contribution in [0.3, 0.4) is 0 Å². The fourth-order valence-electron chi connectivity index (χ4n) is 1.90. The molecule has 0 radical (unpaired) electrons. The Morgan fingerprint density at radius 3 is 2.11 bits per heavy atom. The maximum absolute atomic E-state index is 13.6. The van der Waals surface area contributed by atoms with E-state index < -0.39 is 23.5 Å². The molecule has 0 fully saturated rings. The molecule has 0 amide bonds. The highest BCUT2D eigenvalue weighted by molar-refractivity contribution is 5.35. The van der Waals surface area contributed by atoms with Crippen LogP contribution in [-0.2, 0) is 0 Å².